The standard InChI is InChI=1S/C20H22N6O5/c1-11(18(27)23-2)31-26-19(28)15-16(22)24-17(13-5-3-4-12(8-13)9-21)25-20(15)30-14-6-7-29-10-14/h3-5,8,11,14H,6-7,10H2,1-2H3,(H,23,27)(H,26,28)(H2,22,24,25)/t11?,14-/m0/s1. The summed E-state index contributed by atoms with van der Waals surface area (Å²) < 4.78 is 11.2. The highest BCUT2D eigenvalue weighted by atomic mass is 16.7. The van der Waals surface area contributed by atoms with Crippen LogP contribution >= 0.6 is 0 Å². The Morgan fingerprint density at radius 2 is 2.19 bits per heavy atom. The van der Waals surface area contributed by atoms with Crippen LogP contribution in [-0.2, 0) is 14.4 Å². The van der Waals surface area contributed by atoms with E-state index >= 15 is 0 Å². The van der Waals surface area contributed by atoms with Gasteiger partial charge in [0.1, 0.15) is 17.5 Å². The molecule has 162 valence electrons. The van der Waals surface area contributed by atoms with Crippen LogP contribution in [0, 0.1) is 11.3 Å². The average Bonchev–Trinajstić information content (AvgIpc) is 3.29. The second-order valence-corrected chi connectivity index (χ2v) is 6.71. The largest absolute Gasteiger partial charge is 0.471 e. The molecule has 4 N–H and O–H groups in total. The van der Waals surface area contributed by atoms with E-state index in [-0.39, 0.29) is 29.2 Å². The highest BCUT2D eigenvalue weighted by molar-refractivity contribution is 6.00. The number of nitrogens with two attached hydrogens (primary N) is 1. The average molecular weight is 426 g/mol. The first-order valence-electron chi connectivity index (χ1n) is 9.53. The van der Waals surface area contributed by atoms with Crippen molar-refractivity contribution in [2.75, 3.05) is 26.0 Å². The Kier molecular flexibility index (Phi) is 6.96. The molecule has 0 bridgehead atoms. The molecule has 1 saturated heterocycles. The number of nitriles is 1. The molecule has 2 heterocycles. The number of rotatable bonds is 7. The van der Waals surface area contributed by atoms with Gasteiger partial charge in [-0.3, -0.25) is 14.4 Å². The molecular formula is C20H22N6O5. The number of carbonyl (C=O) groups is 2. The summed E-state index contributed by atoms with van der Waals surface area (Å²) in [4.78, 5) is 38.0. The fraction of sp³-hybridized carbons (Fsp3) is 0.350. The molecule has 1 aromatic carbocycles. The molecule has 0 spiro atoms. The van der Waals surface area contributed by atoms with Crippen LogP contribution in [0.15, 0.2) is 24.3 Å². The number of nitrogens with zero attached hydrogens (tertiary/aromatic N) is 3. The van der Waals surface area contributed by atoms with Crippen molar-refractivity contribution in [3.8, 4) is 23.3 Å². The predicted octanol–water partition coefficient (Wildman–Crippen LogP) is 0.561. The maximum absolute atomic E-state index is 12.7. The smallest absolute Gasteiger partial charge is 0.284 e. The SMILES string of the molecule is CNC(=O)C(C)ONC(=O)c1c(N)nc(-c2cccc(C#N)c2)nc1O[C@H]1CCOC1. The van der Waals surface area contributed by atoms with Crippen LogP contribution in [0.25, 0.3) is 11.4 Å². The van der Waals surface area contributed by atoms with Crippen molar-refractivity contribution in [2.24, 2.45) is 0 Å². The number of benzene rings is 1. The number of amides is 2. The predicted molar refractivity (Wildman–Crippen MR) is 109 cm³/mol. The Morgan fingerprint density at radius 3 is 2.87 bits per heavy atom. The van der Waals surface area contributed by atoms with Gasteiger partial charge in [-0.25, -0.2) is 10.5 Å². The first kappa shape index (κ1) is 21.9. The van der Waals surface area contributed by atoms with Crippen LogP contribution in [0.2, 0.25) is 0 Å². The molecule has 1 unspecified atom stereocenters. The number of hydrogen-bond acceptors (Lipinski definition) is 9. The third-order valence-corrected chi connectivity index (χ3v) is 4.49. The van der Waals surface area contributed by atoms with Gasteiger partial charge in [0.2, 0.25) is 5.88 Å². The molecule has 2 aromatic rings. The van der Waals surface area contributed by atoms with Crippen LogP contribution in [-0.4, -0.2) is 54.3 Å². The molecule has 2 amide bonds. The molecular weight excluding hydrogens is 404 g/mol. The molecule has 1 aliphatic rings. The van der Waals surface area contributed by atoms with Crippen LogP contribution in [0.3, 0.4) is 0 Å². The van der Waals surface area contributed by atoms with E-state index in [9.17, 15) is 9.59 Å². The maximum Gasteiger partial charge on any atom is 0.284 e. The lowest BCUT2D eigenvalue weighted by Crippen LogP contribution is -2.38. The van der Waals surface area contributed by atoms with Gasteiger partial charge in [0.15, 0.2) is 11.9 Å². The zero-order chi connectivity index (χ0) is 22.4. The molecule has 1 aromatic heterocycles. The van der Waals surface area contributed by atoms with Gasteiger partial charge >= 0.3 is 0 Å². The fourth-order valence-corrected chi connectivity index (χ4v) is 2.83. The second-order valence-electron chi connectivity index (χ2n) is 6.71. The molecule has 1 fully saturated rings. The summed E-state index contributed by atoms with van der Waals surface area (Å²) in [7, 11) is 1.45. The summed E-state index contributed by atoms with van der Waals surface area (Å²) in [5.74, 6) is -1.18. The van der Waals surface area contributed by atoms with Crippen molar-refractivity contribution in [3.05, 3.63) is 35.4 Å². The van der Waals surface area contributed by atoms with Gasteiger partial charge in [-0.1, -0.05) is 12.1 Å². The topological polar surface area (TPSA) is 161 Å². The lowest BCUT2D eigenvalue weighted by Gasteiger charge is -2.17. The van der Waals surface area contributed by atoms with Gasteiger partial charge in [-0.2, -0.15) is 10.2 Å². The quantitative estimate of drug-likeness (QED) is 0.537. The minimum absolute atomic E-state index is 0.0472. The van der Waals surface area contributed by atoms with Crippen molar-refractivity contribution in [2.45, 2.75) is 25.6 Å². The maximum atomic E-state index is 12.7. The minimum Gasteiger partial charge on any atom is -0.471 e. The van der Waals surface area contributed by atoms with Crippen molar-refractivity contribution < 1.29 is 23.9 Å². The third-order valence-electron chi connectivity index (χ3n) is 4.49. The first-order valence-corrected chi connectivity index (χ1v) is 9.53. The van der Waals surface area contributed by atoms with Gasteiger partial charge in [-0.05, 0) is 19.1 Å². The molecule has 0 aliphatic carbocycles. The minimum atomic E-state index is -0.934. The van der Waals surface area contributed by atoms with E-state index in [1.807, 2.05) is 6.07 Å². The molecule has 3 rings (SSSR count). The zero-order valence-electron chi connectivity index (χ0n) is 17.0. The van der Waals surface area contributed by atoms with Crippen LogP contribution in [0.4, 0.5) is 5.82 Å². The Bertz CT molecular complexity index is 1020. The van der Waals surface area contributed by atoms with E-state index in [0.717, 1.165) is 0 Å². The Balaban J connectivity index is 1.94. The summed E-state index contributed by atoms with van der Waals surface area (Å²) >= 11 is 0. The fourth-order valence-electron chi connectivity index (χ4n) is 2.83. The normalized spacial score (nSPS) is 16.2. The lowest BCUT2D eigenvalue weighted by molar-refractivity contribution is -0.134. The van der Waals surface area contributed by atoms with E-state index in [4.69, 9.17) is 25.3 Å². The Hall–Kier alpha value is -3.75. The number of hydroxylamine groups is 1. The highest BCUT2D eigenvalue weighted by Crippen LogP contribution is 2.28. The highest BCUT2D eigenvalue weighted by Gasteiger charge is 2.27. The molecule has 1 aliphatic heterocycles. The van der Waals surface area contributed by atoms with Gasteiger partial charge in [0.05, 0.1) is 24.8 Å². The number of carbonyl (C=O) groups excluding carboxylic acids is 2. The van der Waals surface area contributed by atoms with E-state index in [1.165, 1.54) is 14.0 Å². The molecule has 31 heavy (non-hydrogen) atoms. The number of ether oxygens (including phenoxy) is 2. The molecule has 11 nitrogen and oxygen atoms in total. The summed E-state index contributed by atoms with van der Waals surface area (Å²) in [6.07, 6.45) is -0.629. The monoisotopic (exact) mass is 426 g/mol. The summed E-state index contributed by atoms with van der Waals surface area (Å²) in [6, 6.07) is 8.70. The van der Waals surface area contributed by atoms with E-state index in [1.54, 1.807) is 24.3 Å². The van der Waals surface area contributed by atoms with Crippen LogP contribution < -0.4 is 21.3 Å². The van der Waals surface area contributed by atoms with Crippen molar-refractivity contribution >= 4 is 17.6 Å². The van der Waals surface area contributed by atoms with Crippen molar-refractivity contribution in [3.63, 3.8) is 0 Å². The number of nitrogens with one attached hydrogen (secondary N) is 2. The van der Waals surface area contributed by atoms with E-state index in [0.29, 0.717) is 30.8 Å². The number of aromatic nitrogens is 2. The number of nitrogen functional groups attached to an aromatic ring is 1. The third kappa shape index (κ3) is 5.25. The molecule has 2 atom stereocenters. The van der Waals surface area contributed by atoms with Crippen LogP contribution in [0.1, 0.15) is 29.3 Å². The molecule has 0 radical (unpaired) electrons. The lowest BCUT2D eigenvalue weighted by atomic mass is 10.1. The van der Waals surface area contributed by atoms with Gasteiger partial charge in [0.25, 0.3) is 11.8 Å². The Labute approximate surface area is 178 Å². The van der Waals surface area contributed by atoms with Crippen LogP contribution in [0.5, 0.6) is 5.88 Å². The molecule has 0 saturated carbocycles. The summed E-state index contributed by atoms with van der Waals surface area (Å²) in [6.45, 7) is 2.34. The first-order chi connectivity index (χ1) is 14.9. The number of likely N-dealkylation sites (N-methyl/N-ethyl adjacent to an activating group) is 1. The molecule has 11 heteroatoms. The summed E-state index contributed by atoms with van der Waals surface area (Å²) in [5, 5.41) is 11.5. The number of anilines is 1. The van der Waals surface area contributed by atoms with Gasteiger partial charge in [-0.15, -0.1) is 0 Å². The summed E-state index contributed by atoms with van der Waals surface area (Å²) in [5.41, 5.74) is 9.09. The zero-order valence-corrected chi connectivity index (χ0v) is 17.0. The van der Waals surface area contributed by atoms with Crippen molar-refractivity contribution in [1.82, 2.24) is 20.8 Å². The van der Waals surface area contributed by atoms with Gasteiger partial charge in [0, 0.05) is 19.0 Å². The second kappa shape index (κ2) is 9.84. The number of hydrogen-bond donors (Lipinski definition) is 3. The van der Waals surface area contributed by atoms with Gasteiger partial charge < -0.3 is 20.5 Å². The Morgan fingerprint density at radius 1 is 1.39 bits per heavy atom. The van der Waals surface area contributed by atoms with E-state index < -0.39 is 17.9 Å². The van der Waals surface area contributed by atoms with E-state index in [2.05, 4.69) is 20.8 Å². The van der Waals surface area contributed by atoms with Crippen molar-refractivity contribution in [1.29, 1.82) is 5.26 Å².